The SMILES string of the molecule is C=C[C@](C)(O)[C@H]1O[C@@H](O)[C@]2([C@@H]1OC(C)=O)[C@H]1CC(=O)C=C(C)[C@@]1(C)CC[C@@H]2C. The van der Waals surface area contributed by atoms with Crippen LogP contribution in [0.3, 0.4) is 0 Å². The van der Waals surface area contributed by atoms with Gasteiger partial charge in [0.2, 0.25) is 0 Å². The summed E-state index contributed by atoms with van der Waals surface area (Å²) in [6, 6.07) is 0. The summed E-state index contributed by atoms with van der Waals surface area (Å²) in [5.74, 6) is -0.859. The fourth-order valence-corrected chi connectivity index (χ4v) is 5.90. The summed E-state index contributed by atoms with van der Waals surface area (Å²) in [6.45, 7) is 12.6. The van der Waals surface area contributed by atoms with Gasteiger partial charge in [0.15, 0.2) is 12.1 Å². The van der Waals surface area contributed by atoms with Crippen LogP contribution in [-0.4, -0.2) is 46.1 Å². The Bertz CT molecular complexity index is 725. The summed E-state index contributed by atoms with van der Waals surface area (Å²) in [7, 11) is 0. The molecule has 1 heterocycles. The summed E-state index contributed by atoms with van der Waals surface area (Å²) >= 11 is 0. The molecule has 0 aromatic carbocycles. The van der Waals surface area contributed by atoms with Gasteiger partial charge in [-0.1, -0.05) is 25.5 Å². The Hall–Kier alpha value is -1.50. The third kappa shape index (κ3) is 2.80. The van der Waals surface area contributed by atoms with Crippen molar-refractivity contribution in [2.75, 3.05) is 0 Å². The first-order valence-corrected chi connectivity index (χ1v) is 9.99. The molecule has 28 heavy (non-hydrogen) atoms. The largest absolute Gasteiger partial charge is 0.459 e. The lowest BCUT2D eigenvalue weighted by Gasteiger charge is -2.59. The monoisotopic (exact) mass is 392 g/mol. The van der Waals surface area contributed by atoms with E-state index in [0.717, 1.165) is 18.4 Å². The van der Waals surface area contributed by atoms with E-state index in [1.165, 1.54) is 19.9 Å². The maximum atomic E-state index is 12.5. The lowest BCUT2D eigenvalue weighted by atomic mass is 9.45. The average Bonchev–Trinajstić information content (AvgIpc) is 2.88. The van der Waals surface area contributed by atoms with Crippen LogP contribution in [0.1, 0.15) is 53.9 Å². The molecule has 0 amide bonds. The molecule has 1 aliphatic heterocycles. The highest BCUT2D eigenvalue weighted by molar-refractivity contribution is 5.92. The molecule has 3 rings (SSSR count). The Labute approximate surface area is 166 Å². The molecule has 1 saturated heterocycles. The van der Waals surface area contributed by atoms with E-state index >= 15 is 0 Å². The predicted octanol–water partition coefficient (Wildman–Crippen LogP) is 2.53. The zero-order valence-corrected chi connectivity index (χ0v) is 17.4. The van der Waals surface area contributed by atoms with Gasteiger partial charge in [0, 0.05) is 13.3 Å². The zero-order valence-electron chi connectivity index (χ0n) is 17.4. The van der Waals surface area contributed by atoms with Crippen LogP contribution in [0.4, 0.5) is 0 Å². The van der Waals surface area contributed by atoms with E-state index in [-0.39, 0.29) is 29.5 Å². The fourth-order valence-electron chi connectivity index (χ4n) is 5.90. The second-order valence-electron chi connectivity index (χ2n) is 9.28. The molecule has 156 valence electrons. The van der Waals surface area contributed by atoms with Gasteiger partial charge in [0.05, 0.1) is 5.41 Å². The first-order valence-electron chi connectivity index (χ1n) is 9.99. The number of aliphatic hydroxyl groups is 2. The molecular weight excluding hydrogens is 360 g/mol. The van der Waals surface area contributed by atoms with E-state index in [4.69, 9.17) is 9.47 Å². The quantitative estimate of drug-likeness (QED) is 0.566. The molecule has 0 radical (unpaired) electrons. The van der Waals surface area contributed by atoms with E-state index in [9.17, 15) is 19.8 Å². The van der Waals surface area contributed by atoms with Crippen LogP contribution in [0, 0.1) is 22.7 Å². The zero-order chi connectivity index (χ0) is 21.1. The highest BCUT2D eigenvalue weighted by Crippen LogP contribution is 2.66. The standard InChI is InChI=1S/C22H32O6/c1-7-21(6,26)17-18(27-14(4)23)22(19(25)28-17)12(2)8-9-20(5)13(3)10-15(24)11-16(20)22/h7,10,12,16-19,25-26H,1,8-9,11H2,2-6H3/t12-,16-,17-,18+,19+,20+,21-,22-/m0/s1. The van der Waals surface area contributed by atoms with Gasteiger partial charge in [0.25, 0.3) is 0 Å². The number of ketones is 1. The number of fused-ring (bicyclic) bond motifs is 2. The fraction of sp³-hybridized carbons (Fsp3) is 0.727. The number of hydrogen-bond acceptors (Lipinski definition) is 6. The number of aliphatic hydroxyl groups excluding tert-OH is 1. The number of carbonyl (C=O) groups is 2. The molecule has 2 fully saturated rings. The Morgan fingerprint density at radius 3 is 2.71 bits per heavy atom. The number of esters is 1. The molecule has 0 bridgehead atoms. The van der Waals surface area contributed by atoms with Crippen LogP contribution in [0.5, 0.6) is 0 Å². The third-order valence-corrected chi connectivity index (χ3v) is 7.76. The summed E-state index contributed by atoms with van der Waals surface area (Å²) in [5.41, 5.74) is -1.85. The van der Waals surface area contributed by atoms with Gasteiger partial charge in [0.1, 0.15) is 17.8 Å². The molecule has 0 aromatic rings. The summed E-state index contributed by atoms with van der Waals surface area (Å²) in [4.78, 5) is 24.5. The van der Waals surface area contributed by atoms with Crippen molar-refractivity contribution in [2.45, 2.75) is 78.0 Å². The highest BCUT2D eigenvalue weighted by Gasteiger charge is 2.71. The van der Waals surface area contributed by atoms with Crippen LogP contribution >= 0.6 is 0 Å². The van der Waals surface area contributed by atoms with Gasteiger partial charge in [-0.3, -0.25) is 9.59 Å². The minimum Gasteiger partial charge on any atom is -0.459 e. The second kappa shape index (κ2) is 6.78. The highest BCUT2D eigenvalue weighted by atomic mass is 16.7. The van der Waals surface area contributed by atoms with Crippen molar-refractivity contribution >= 4 is 11.8 Å². The number of rotatable bonds is 3. The van der Waals surface area contributed by atoms with Gasteiger partial charge in [-0.2, -0.15) is 0 Å². The summed E-state index contributed by atoms with van der Waals surface area (Å²) in [6.07, 6.45) is 1.79. The van der Waals surface area contributed by atoms with E-state index in [2.05, 4.69) is 13.5 Å². The van der Waals surface area contributed by atoms with Gasteiger partial charge in [-0.15, -0.1) is 6.58 Å². The summed E-state index contributed by atoms with van der Waals surface area (Å²) in [5, 5.41) is 22.1. The Balaban J connectivity index is 2.21. The lowest BCUT2D eigenvalue weighted by molar-refractivity contribution is -0.213. The number of hydrogen-bond donors (Lipinski definition) is 2. The first-order chi connectivity index (χ1) is 12.9. The van der Waals surface area contributed by atoms with E-state index in [0.29, 0.717) is 0 Å². The first kappa shape index (κ1) is 21.2. The minimum absolute atomic E-state index is 0.00107. The number of allylic oxidation sites excluding steroid dienone is 2. The van der Waals surface area contributed by atoms with E-state index in [1.54, 1.807) is 6.08 Å². The smallest absolute Gasteiger partial charge is 0.303 e. The van der Waals surface area contributed by atoms with Crippen LogP contribution in [0.2, 0.25) is 0 Å². The molecular formula is C22H32O6. The van der Waals surface area contributed by atoms with Crippen molar-refractivity contribution in [2.24, 2.45) is 22.7 Å². The topological polar surface area (TPSA) is 93.1 Å². The molecule has 3 aliphatic rings. The molecule has 1 spiro atoms. The van der Waals surface area contributed by atoms with Gasteiger partial charge in [-0.05, 0) is 50.0 Å². The molecule has 0 aromatic heterocycles. The average molecular weight is 392 g/mol. The minimum atomic E-state index is -1.51. The molecule has 6 nitrogen and oxygen atoms in total. The van der Waals surface area contributed by atoms with Crippen molar-refractivity contribution in [3.05, 3.63) is 24.3 Å². The molecule has 1 saturated carbocycles. The number of ether oxygens (including phenoxy) is 2. The Kier molecular flexibility index (Phi) is 5.14. The molecule has 8 atom stereocenters. The third-order valence-electron chi connectivity index (χ3n) is 7.76. The van der Waals surface area contributed by atoms with Crippen molar-refractivity contribution in [3.63, 3.8) is 0 Å². The second-order valence-corrected chi connectivity index (χ2v) is 9.28. The van der Waals surface area contributed by atoms with Gasteiger partial charge >= 0.3 is 5.97 Å². The lowest BCUT2D eigenvalue weighted by Crippen LogP contribution is -2.62. The van der Waals surface area contributed by atoms with Crippen LogP contribution in [-0.2, 0) is 19.1 Å². The maximum absolute atomic E-state index is 12.5. The van der Waals surface area contributed by atoms with E-state index < -0.39 is 35.5 Å². The van der Waals surface area contributed by atoms with Gasteiger partial charge in [-0.25, -0.2) is 0 Å². The van der Waals surface area contributed by atoms with Crippen molar-refractivity contribution in [3.8, 4) is 0 Å². The van der Waals surface area contributed by atoms with Crippen molar-refractivity contribution < 1.29 is 29.3 Å². The number of carbonyl (C=O) groups excluding carboxylic acids is 2. The van der Waals surface area contributed by atoms with Crippen LogP contribution in [0.25, 0.3) is 0 Å². The van der Waals surface area contributed by atoms with Crippen molar-refractivity contribution in [1.82, 2.24) is 0 Å². The maximum Gasteiger partial charge on any atom is 0.303 e. The molecule has 0 unspecified atom stereocenters. The molecule has 2 N–H and O–H groups in total. The Morgan fingerprint density at radius 1 is 1.50 bits per heavy atom. The normalized spacial score (nSPS) is 45.2. The molecule has 6 heteroatoms. The van der Waals surface area contributed by atoms with Crippen LogP contribution in [0.15, 0.2) is 24.3 Å². The summed E-state index contributed by atoms with van der Waals surface area (Å²) < 4.78 is 11.6. The van der Waals surface area contributed by atoms with E-state index in [1.807, 2.05) is 13.8 Å². The predicted molar refractivity (Wildman–Crippen MR) is 103 cm³/mol. The van der Waals surface area contributed by atoms with Gasteiger partial charge < -0.3 is 19.7 Å². The van der Waals surface area contributed by atoms with Crippen LogP contribution < -0.4 is 0 Å². The molecule has 2 aliphatic carbocycles. The van der Waals surface area contributed by atoms with Crippen molar-refractivity contribution in [1.29, 1.82) is 0 Å². The Morgan fingerprint density at radius 2 is 2.14 bits per heavy atom.